The highest BCUT2D eigenvalue weighted by molar-refractivity contribution is 7.88. The smallest absolute Gasteiger partial charge is 0.321 e. The van der Waals surface area contributed by atoms with Gasteiger partial charge < -0.3 is 42.3 Å². The van der Waals surface area contributed by atoms with Gasteiger partial charge in [-0.25, -0.2) is 13.1 Å². The third-order valence-electron chi connectivity index (χ3n) is 4.94. The molecule has 0 saturated carbocycles. The number of benzene rings is 1. The van der Waals surface area contributed by atoms with E-state index < -0.39 is 83.2 Å². The lowest BCUT2D eigenvalue weighted by Gasteiger charge is -2.30. The summed E-state index contributed by atoms with van der Waals surface area (Å²) in [4.78, 5) is 36.2. The monoisotopic (exact) mass is 506 g/mol. The van der Waals surface area contributed by atoms with Gasteiger partial charge in [-0.1, -0.05) is 30.3 Å². The number of sulfonamides is 1. The molecule has 0 bridgehead atoms. The van der Waals surface area contributed by atoms with Crippen molar-refractivity contribution in [2.24, 2.45) is 11.5 Å². The lowest BCUT2D eigenvalue weighted by atomic mass is 9.83. The molecule has 34 heavy (non-hydrogen) atoms. The van der Waals surface area contributed by atoms with E-state index in [1.807, 2.05) is 4.72 Å². The average Bonchev–Trinajstić information content (AvgIpc) is 2.79. The number of amides is 1. The van der Waals surface area contributed by atoms with Crippen LogP contribution < -0.4 is 21.5 Å². The van der Waals surface area contributed by atoms with Crippen LogP contribution >= 0.6 is 0 Å². The first-order chi connectivity index (χ1) is 15.7. The predicted molar refractivity (Wildman–Crippen MR) is 118 cm³/mol. The van der Waals surface area contributed by atoms with Crippen LogP contribution in [0.15, 0.2) is 30.3 Å². The summed E-state index contributed by atoms with van der Waals surface area (Å²) in [6, 6.07) is 2.61. The van der Waals surface area contributed by atoms with Gasteiger partial charge in [0.15, 0.2) is 5.78 Å². The van der Waals surface area contributed by atoms with Crippen LogP contribution in [0.5, 0.6) is 0 Å². The number of ketones is 1. The molecule has 0 aromatic heterocycles. The number of carbonyl (C=O) groups is 3. The largest absolute Gasteiger partial charge is 0.480 e. The van der Waals surface area contributed by atoms with Crippen molar-refractivity contribution >= 4 is 27.7 Å². The lowest BCUT2D eigenvalue weighted by molar-refractivity contribution is -0.148. The summed E-state index contributed by atoms with van der Waals surface area (Å²) in [6.45, 7) is -1.48. The maximum atomic E-state index is 12.7. The molecule has 14 nitrogen and oxygen atoms in total. The van der Waals surface area contributed by atoms with Gasteiger partial charge in [0, 0.05) is 12.5 Å². The number of aliphatic hydroxyl groups excluding tert-OH is 4. The van der Waals surface area contributed by atoms with E-state index in [2.05, 4.69) is 5.32 Å². The molecule has 0 aliphatic rings. The third kappa shape index (κ3) is 8.37. The Morgan fingerprint density at radius 1 is 1.03 bits per heavy atom. The van der Waals surface area contributed by atoms with Crippen LogP contribution in [0.2, 0.25) is 0 Å². The summed E-state index contributed by atoms with van der Waals surface area (Å²) in [5.74, 6) is -5.46. The van der Waals surface area contributed by atoms with Gasteiger partial charge in [-0.3, -0.25) is 14.4 Å². The van der Waals surface area contributed by atoms with Gasteiger partial charge in [0.05, 0.1) is 24.9 Å². The normalized spacial score (nSPS) is 18.1. The van der Waals surface area contributed by atoms with E-state index in [1.165, 1.54) is 24.3 Å². The van der Waals surface area contributed by atoms with E-state index in [-0.39, 0.29) is 5.56 Å². The van der Waals surface area contributed by atoms with Crippen LogP contribution in [-0.4, -0.2) is 107 Å². The lowest BCUT2D eigenvalue weighted by Crippen LogP contribution is -2.59. The quantitative estimate of drug-likeness (QED) is 0.115. The van der Waals surface area contributed by atoms with Crippen molar-refractivity contribution in [1.82, 2.24) is 10.0 Å². The minimum Gasteiger partial charge on any atom is -0.480 e. The number of hydrogen-bond donors (Lipinski definition) is 9. The highest BCUT2D eigenvalue weighted by atomic mass is 32.2. The Balaban J connectivity index is 2.99. The zero-order valence-corrected chi connectivity index (χ0v) is 19.0. The van der Waals surface area contributed by atoms with Crippen molar-refractivity contribution in [2.75, 3.05) is 19.4 Å². The fraction of sp³-hybridized carbons (Fsp3) is 0.526. The van der Waals surface area contributed by atoms with Crippen LogP contribution in [0.4, 0.5) is 0 Å². The molecule has 2 unspecified atom stereocenters. The highest BCUT2D eigenvalue weighted by Crippen LogP contribution is 2.25. The molecule has 0 aliphatic carbocycles. The third-order valence-corrected chi connectivity index (χ3v) is 5.63. The molecule has 0 saturated heterocycles. The van der Waals surface area contributed by atoms with E-state index in [4.69, 9.17) is 11.5 Å². The minimum atomic E-state index is -3.65. The summed E-state index contributed by atoms with van der Waals surface area (Å²) in [6.07, 6.45) is -5.85. The number of aliphatic carboxylic acids is 1. The Bertz CT molecular complexity index is 946. The van der Waals surface area contributed by atoms with Crippen LogP contribution in [0.1, 0.15) is 11.5 Å². The zero-order valence-electron chi connectivity index (χ0n) is 18.2. The van der Waals surface area contributed by atoms with Crippen molar-refractivity contribution in [1.29, 1.82) is 0 Å². The number of aliphatic hydroxyl groups is 4. The van der Waals surface area contributed by atoms with Gasteiger partial charge >= 0.3 is 5.97 Å². The van der Waals surface area contributed by atoms with E-state index in [0.29, 0.717) is 0 Å². The van der Waals surface area contributed by atoms with E-state index in [9.17, 15) is 48.3 Å². The molecule has 11 N–H and O–H groups in total. The first-order valence-electron chi connectivity index (χ1n) is 9.94. The molecule has 0 aliphatic heterocycles. The standard InChI is InChI=1S/C19H30N4O10S/c1-34(32,33)22-7-10(20)18(29)23-11(8-24)14(25)16(27)17(28)15(26)12(13(21)19(30)31)9-5-3-2-4-6-9/h2-6,10-16,22,24-27H,7-8,20-21H2,1H3,(H,23,29)(H,30,31)/t10-,11-,12?,13-,14+,15?,16+/m0/s1. The topological polar surface area (TPSA) is 263 Å². The maximum absolute atomic E-state index is 12.7. The van der Waals surface area contributed by atoms with Gasteiger partial charge in [0.1, 0.15) is 24.4 Å². The molecular formula is C19H30N4O10S. The molecule has 1 rings (SSSR count). The second kappa shape index (κ2) is 12.8. The van der Waals surface area contributed by atoms with Crippen molar-refractivity contribution < 1.29 is 48.3 Å². The van der Waals surface area contributed by atoms with Gasteiger partial charge in [-0.2, -0.15) is 0 Å². The molecule has 15 heteroatoms. The molecule has 0 heterocycles. The Morgan fingerprint density at radius 2 is 1.59 bits per heavy atom. The Labute approximate surface area is 195 Å². The number of nitrogens with two attached hydrogens (primary N) is 2. The fourth-order valence-corrected chi connectivity index (χ4v) is 3.50. The highest BCUT2D eigenvalue weighted by Gasteiger charge is 2.42. The maximum Gasteiger partial charge on any atom is 0.321 e. The van der Waals surface area contributed by atoms with Gasteiger partial charge in [-0.05, 0) is 5.56 Å². The molecule has 0 radical (unpaired) electrons. The molecule has 1 amide bonds. The zero-order chi connectivity index (χ0) is 26.2. The number of rotatable bonds is 14. The predicted octanol–water partition coefficient (Wildman–Crippen LogP) is -4.81. The van der Waals surface area contributed by atoms with Crippen molar-refractivity contribution in [3.8, 4) is 0 Å². The molecule has 1 aromatic carbocycles. The number of carboxylic acids is 1. The average molecular weight is 507 g/mol. The van der Waals surface area contributed by atoms with Gasteiger partial charge in [-0.15, -0.1) is 0 Å². The van der Waals surface area contributed by atoms with Crippen LogP contribution in [0, 0.1) is 0 Å². The molecule has 7 atom stereocenters. The Morgan fingerprint density at radius 3 is 2.06 bits per heavy atom. The van der Waals surface area contributed by atoms with E-state index in [0.717, 1.165) is 6.26 Å². The number of carboxylic acid groups (broad SMARTS) is 1. The summed E-state index contributed by atoms with van der Waals surface area (Å²) >= 11 is 0. The van der Waals surface area contributed by atoms with Crippen LogP contribution in [-0.2, 0) is 24.4 Å². The number of Topliss-reactive ketones (excluding diaryl/α,β-unsaturated/α-hetero) is 1. The molecule has 0 fully saturated rings. The molecular weight excluding hydrogens is 476 g/mol. The Hall–Kier alpha value is -2.50. The first kappa shape index (κ1) is 29.5. The number of carbonyl (C=O) groups excluding carboxylic acids is 2. The first-order valence-corrected chi connectivity index (χ1v) is 11.8. The second-order valence-corrected chi connectivity index (χ2v) is 9.44. The van der Waals surface area contributed by atoms with E-state index >= 15 is 0 Å². The van der Waals surface area contributed by atoms with Crippen LogP contribution in [0.25, 0.3) is 0 Å². The fourth-order valence-electron chi connectivity index (χ4n) is 3.02. The summed E-state index contributed by atoms with van der Waals surface area (Å²) in [5.41, 5.74) is 11.3. The number of hydrogen-bond acceptors (Lipinski definition) is 11. The summed E-state index contributed by atoms with van der Waals surface area (Å²) in [5, 5.41) is 52.0. The second-order valence-electron chi connectivity index (χ2n) is 7.61. The van der Waals surface area contributed by atoms with Gasteiger partial charge in [0.2, 0.25) is 15.9 Å². The van der Waals surface area contributed by atoms with Crippen molar-refractivity contribution in [3.63, 3.8) is 0 Å². The SMILES string of the molecule is CS(=O)(=O)NC[C@H](N)C(=O)N[C@@H](CO)[C@@H](O)[C@@H](O)C(=O)C(O)C(c1ccccc1)[C@H](N)C(=O)O. The molecule has 1 aromatic rings. The molecule has 192 valence electrons. The molecule has 0 spiro atoms. The van der Waals surface area contributed by atoms with Crippen LogP contribution in [0.3, 0.4) is 0 Å². The minimum absolute atomic E-state index is 0.177. The van der Waals surface area contributed by atoms with Gasteiger partial charge in [0.25, 0.3) is 0 Å². The summed E-state index contributed by atoms with van der Waals surface area (Å²) < 4.78 is 24.2. The van der Waals surface area contributed by atoms with Crippen molar-refractivity contribution in [2.45, 2.75) is 42.4 Å². The van der Waals surface area contributed by atoms with Crippen molar-refractivity contribution in [3.05, 3.63) is 35.9 Å². The number of nitrogens with one attached hydrogen (secondary N) is 2. The van der Waals surface area contributed by atoms with E-state index in [1.54, 1.807) is 6.07 Å². The summed E-state index contributed by atoms with van der Waals surface area (Å²) in [7, 11) is -3.65. The Kier molecular flexibility index (Phi) is 11.1.